The summed E-state index contributed by atoms with van der Waals surface area (Å²) in [7, 11) is 0. The Labute approximate surface area is 223 Å². The van der Waals surface area contributed by atoms with Crippen LogP contribution in [0.3, 0.4) is 0 Å². The van der Waals surface area contributed by atoms with Crippen LogP contribution >= 0.6 is 23.4 Å². The molecule has 7 nitrogen and oxygen atoms in total. The number of fused-ring (bicyclic) bond motifs is 4. The van der Waals surface area contributed by atoms with E-state index in [4.69, 9.17) is 25.8 Å². The minimum absolute atomic E-state index is 0.0493. The fourth-order valence-electron chi connectivity index (χ4n) is 5.64. The first-order valence-electron chi connectivity index (χ1n) is 12.8. The maximum atomic E-state index is 13.6. The molecule has 2 amide bonds. The zero-order valence-corrected chi connectivity index (χ0v) is 23.7. The lowest BCUT2D eigenvalue weighted by atomic mass is 9.70. The van der Waals surface area contributed by atoms with Crippen LogP contribution in [0, 0.1) is 11.8 Å². The topological polar surface area (TPSA) is 77.1 Å². The lowest BCUT2D eigenvalue weighted by Gasteiger charge is -2.53. The number of nitrogens with zero attached hydrogens (tertiary/aromatic N) is 1. The number of hydrogen-bond donors (Lipinski definition) is 1. The van der Waals surface area contributed by atoms with Crippen molar-refractivity contribution in [2.75, 3.05) is 25.1 Å². The molecule has 36 heavy (non-hydrogen) atoms. The van der Waals surface area contributed by atoms with Crippen LogP contribution in [0.4, 0.5) is 4.79 Å². The Morgan fingerprint density at radius 3 is 2.78 bits per heavy atom. The highest BCUT2D eigenvalue weighted by atomic mass is 35.5. The first-order chi connectivity index (χ1) is 16.9. The van der Waals surface area contributed by atoms with Gasteiger partial charge in [-0.2, -0.15) is 11.8 Å². The zero-order chi connectivity index (χ0) is 26.3. The first-order valence-corrected chi connectivity index (χ1v) is 14.6. The van der Waals surface area contributed by atoms with Gasteiger partial charge in [-0.1, -0.05) is 11.6 Å². The van der Waals surface area contributed by atoms with Crippen LogP contribution in [-0.2, 0) is 14.3 Å². The Bertz CT molecular complexity index is 981. The van der Waals surface area contributed by atoms with Gasteiger partial charge in [-0.05, 0) is 84.1 Å². The SMILES string of the molecule is CSCC[C@@H](NC(=O)OC(C)(C)C)C(=O)N1CC[C@@H]2O[C@@H]3c4cc(Cl)ccc4OC(C)(C)[C@H]3C[C@@H]2C1. The van der Waals surface area contributed by atoms with Gasteiger partial charge in [-0.15, -0.1) is 0 Å². The zero-order valence-electron chi connectivity index (χ0n) is 22.1. The number of alkyl carbamates (subject to hydrolysis) is 1. The summed E-state index contributed by atoms with van der Waals surface area (Å²) in [5, 5.41) is 3.50. The molecule has 0 saturated carbocycles. The average Bonchev–Trinajstić information content (AvgIpc) is 2.79. The molecule has 0 unspecified atom stereocenters. The van der Waals surface area contributed by atoms with Crippen molar-refractivity contribution < 1.29 is 23.8 Å². The second-order valence-corrected chi connectivity index (χ2v) is 13.1. The highest BCUT2D eigenvalue weighted by Crippen LogP contribution is 2.53. The third-order valence-corrected chi connectivity index (χ3v) is 8.24. The molecule has 0 spiro atoms. The van der Waals surface area contributed by atoms with Crippen molar-refractivity contribution in [1.29, 1.82) is 0 Å². The molecule has 3 heterocycles. The molecule has 0 bridgehead atoms. The molecule has 3 aliphatic heterocycles. The summed E-state index contributed by atoms with van der Waals surface area (Å²) >= 11 is 7.97. The monoisotopic (exact) mass is 538 g/mol. The summed E-state index contributed by atoms with van der Waals surface area (Å²) in [5.41, 5.74) is -0.00651. The number of halogens is 1. The third kappa shape index (κ3) is 6.08. The minimum atomic E-state index is -0.622. The van der Waals surface area contributed by atoms with Gasteiger partial charge < -0.3 is 24.4 Å². The maximum Gasteiger partial charge on any atom is 0.408 e. The number of rotatable bonds is 5. The molecule has 1 N–H and O–H groups in total. The van der Waals surface area contributed by atoms with Crippen molar-refractivity contribution in [2.24, 2.45) is 11.8 Å². The van der Waals surface area contributed by atoms with Crippen molar-refractivity contribution in [3.63, 3.8) is 0 Å². The number of hydrogen-bond acceptors (Lipinski definition) is 6. The molecule has 200 valence electrons. The molecule has 1 aromatic rings. The Morgan fingerprint density at radius 2 is 2.08 bits per heavy atom. The van der Waals surface area contributed by atoms with Crippen molar-refractivity contribution in [2.45, 2.75) is 83.3 Å². The van der Waals surface area contributed by atoms with Crippen LogP contribution in [0.25, 0.3) is 0 Å². The summed E-state index contributed by atoms with van der Waals surface area (Å²) in [6.45, 7) is 10.9. The highest BCUT2D eigenvalue weighted by molar-refractivity contribution is 7.98. The fraction of sp³-hybridized carbons (Fsp3) is 0.704. The van der Waals surface area contributed by atoms with Gasteiger partial charge in [-0.3, -0.25) is 4.79 Å². The molecular formula is C27H39ClN2O5S. The predicted molar refractivity (Wildman–Crippen MR) is 143 cm³/mol. The van der Waals surface area contributed by atoms with Crippen LogP contribution in [0.15, 0.2) is 18.2 Å². The largest absolute Gasteiger partial charge is 0.487 e. The number of benzene rings is 1. The normalized spacial score (nSPS) is 27.6. The van der Waals surface area contributed by atoms with E-state index in [-0.39, 0.29) is 30.0 Å². The van der Waals surface area contributed by atoms with Crippen LogP contribution < -0.4 is 10.1 Å². The van der Waals surface area contributed by atoms with Crippen LogP contribution in [-0.4, -0.2) is 65.3 Å². The summed E-state index contributed by atoms with van der Waals surface area (Å²) in [5.74, 6) is 1.91. The number of thioether (sulfide) groups is 1. The first kappa shape index (κ1) is 27.4. The van der Waals surface area contributed by atoms with E-state index in [2.05, 4.69) is 19.2 Å². The van der Waals surface area contributed by atoms with E-state index in [1.54, 1.807) is 11.8 Å². The molecular weight excluding hydrogens is 500 g/mol. The molecule has 0 aromatic heterocycles. The minimum Gasteiger partial charge on any atom is -0.487 e. The second kappa shape index (κ2) is 10.6. The van der Waals surface area contributed by atoms with E-state index in [0.29, 0.717) is 24.5 Å². The molecule has 1 aromatic carbocycles. The van der Waals surface area contributed by atoms with E-state index in [0.717, 1.165) is 29.9 Å². The summed E-state index contributed by atoms with van der Waals surface area (Å²) in [4.78, 5) is 27.9. The molecule has 0 aliphatic carbocycles. The predicted octanol–water partition coefficient (Wildman–Crippen LogP) is 5.45. The number of piperidine rings is 1. The van der Waals surface area contributed by atoms with Crippen LogP contribution in [0.2, 0.25) is 5.02 Å². The quantitative estimate of drug-likeness (QED) is 0.537. The lowest BCUT2D eigenvalue weighted by Crippen LogP contribution is -2.58. The van der Waals surface area contributed by atoms with Gasteiger partial charge in [-0.25, -0.2) is 4.79 Å². The molecule has 5 atom stereocenters. The number of amides is 2. The molecule has 3 aliphatic rings. The summed E-state index contributed by atoms with van der Waals surface area (Å²) < 4.78 is 18.5. The second-order valence-electron chi connectivity index (χ2n) is 11.6. The molecule has 9 heteroatoms. The van der Waals surface area contributed by atoms with Crippen molar-refractivity contribution in [1.82, 2.24) is 10.2 Å². The number of carbonyl (C=O) groups is 2. The molecule has 4 rings (SSSR count). The smallest absolute Gasteiger partial charge is 0.408 e. The Morgan fingerprint density at radius 1 is 1.33 bits per heavy atom. The van der Waals surface area contributed by atoms with Gasteiger partial charge in [0.2, 0.25) is 5.91 Å². The van der Waals surface area contributed by atoms with E-state index in [9.17, 15) is 9.59 Å². The van der Waals surface area contributed by atoms with Crippen molar-refractivity contribution in [3.8, 4) is 5.75 Å². The Kier molecular flexibility index (Phi) is 8.08. The van der Waals surface area contributed by atoms with E-state index in [1.807, 2.05) is 50.1 Å². The average molecular weight is 539 g/mol. The Hall–Kier alpha value is -1.64. The number of ether oxygens (including phenoxy) is 3. The molecule has 0 radical (unpaired) electrons. The Balaban J connectivity index is 1.47. The van der Waals surface area contributed by atoms with E-state index in [1.165, 1.54) is 0 Å². The molecule has 2 saturated heterocycles. The van der Waals surface area contributed by atoms with Crippen LogP contribution in [0.5, 0.6) is 5.75 Å². The standard InChI is InChI=1S/C27H39ClN2O5S/c1-26(2,3)35-25(32)29-20(10-12-36-6)24(31)30-11-9-21-16(15-30)13-19-23(33-21)18-14-17(28)7-8-22(18)34-27(19,4)5/h7-8,14,16,19-21,23H,9-13,15H2,1-6H3,(H,29,32)/t16-,19+,20-,21+,23-/m1/s1. The van der Waals surface area contributed by atoms with Crippen molar-refractivity contribution >= 4 is 35.4 Å². The lowest BCUT2D eigenvalue weighted by molar-refractivity contribution is -0.189. The van der Waals surface area contributed by atoms with E-state index < -0.39 is 23.3 Å². The van der Waals surface area contributed by atoms with Crippen molar-refractivity contribution in [3.05, 3.63) is 28.8 Å². The number of nitrogens with one attached hydrogen (secondary N) is 1. The maximum absolute atomic E-state index is 13.6. The number of carbonyl (C=O) groups excluding carboxylic acids is 2. The van der Waals surface area contributed by atoms with Gasteiger partial charge >= 0.3 is 6.09 Å². The van der Waals surface area contributed by atoms with E-state index >= 15 is 0 Å². The van der Waals surface area contributed by atoms with Crippen LogP contribution in [0.1, 0.15) is 65.5 Å². The molecule has 2 fully saturated rings. The van der Waals surface area contributed by atoms with Gasteiger partial charge in [0.15, 0.2) is 0 Å². The van der Waals surface area contributed by atoms with Gasteiger partial charge in [0, 0.05) is 35.5 Å². The van der Waals surface area contributed by atoms with Gasteiger partial charge in [0.1, 0.15) is 23.0 Å². The third-order valence-electron chi connectivity index (χ3n) is 7.36. The highest BCUT2D eigenvalue weighted by Gasteiger charge is 2.51. The van der Waals surface area contributed by atoms with Gasteiger partial charge in [0.05, 0.1) is 12.2 Å². The summed E-state index contributed by atoms with van der Waals surface area (Å²) in [6, 6.07) is 5.13. The van der Waals surface area contributed by atoms with Gasteiger partial charge in [0.25, 0.3) is 0 Å². The fourth-order valence-corrected chi connectivity index (χ4v) is 6.30. The number of likely N-dealkylation sites (tertiary alicyclic amines) is 1. The summed E-state index contributed by atoms with van der Waals surface area (Å²) in [6.07, 6.45) is 3.65.